The van der Waals surface area contributed by atoms with Crippen molar-refractivity contribution in [3.05, 3.63) is 53.2 Å². The summed E-state index contributed by atoms with van der Waals surface area (Å²) >= 11 is 1.83. The van der Waals surface area contributed by atoms with Crippen LogP contribution in [-0.2, 0) is 13.5 Å². The Kier molecular flexibility index (Phi) is 4.36. The van der Waals surface area contributed by atoms with E-state index in [1.54, 1.807) is 0 Å². The highest BCUT2D eigenvalue weighted by Gasteiger charge is 2.16. The molecule has 0 aliphatic rings. The van der Waals surface area contributed by atoms with Crippen molar-refractivity contribution in [2.24, 2.45) is 7.05 Å². The second-order valence-electron chi connectivity index (χ2n) is 5.42. The Labute approximate surface area is 129 Å². The number of nitrogens with zero attached hydrogens (tertiary/aromatic N) is 2. The van der Waals surface area contributed by atoms with Crippen molar-refractivity contribution < 1.29 is 0 Å². The monoisotopic (exact) mass is 299 g/mol. The normalized spacial score (nSPS) is 12.9. The van der Waals surface area contributed by atoms with Crippen molar-refractivity contribution in [1.82, 2.24) is 15.1 Å². The third kappa shape index (κ3) is 3.17. The van der Waals surface area contributed by atoms with Crippen LogP contribution in [0.25, 0.3) is 10.1 Å². The third-order valence-electron chi connectivity index (χ3n) is 3.73. The highest BCUT2D eigenvalue weighted by Crippen LogP contribution is 2.31. The average molecular weight is 299 g/mol. The average Bonchev–Trinajstić information content (AvgIpc) is 3.09. The second-order valence-corrected chi connectivity index (χ2v) is 6.33. The topological polar surface area (TPSA) is 29.9 Å². The summed E-state index contributed by atoms with van der Waals surface area (Å²) in [6.07, 6.45) is 6.20. The van der Waals surface area contributed by atoms with Crippen LogP contribution in [0.4, 0.5) is 0 Å². The van der Waals surface area contributed by atoms with Crippen LogP contribution in [-0.4, -0.2) is 16.3 Å². The van der Waals surface area contributed by atoms with E-state index in [0.29, 0.717) is 6.04 Å². The summed E-state index contributed by atoms with van der Waals surface area (Å²) in [5.74, 6) is 0. The van der Waals surface area contributed by atoms with Crippen molar-refractivity contribution >= 4 is 21.4 Å². The lowest BCUT2D eigenvalue weighted by molar-refractivity contribution is 0.533. The predicted molar refractivity (Wildman–Crippen MR) is 89.8 cm³/mol. The Balaban J connectivity index is 1.91. The zero-order valence-corrected chi connectivity index (χ0v) is 13.4. The Morgan fingerprint density at radius 1 is 1.33 bits per heavy atom. The summed E-state index contributed by atoms with van der Waals surface area (Å²) in [6, 6.07) is 9.01. The van der Waals surface area contributed by atoms with Crippen molar-refractivity contribution in [3.8, 4) is 0 Å². The molecule has 0 saturated carbocycles. The minimum Gasteiger partial charge on any atom is -0.310 e. The third-order valence-corrected chi connectivity index (χ3v) is 4.71. The number of hydrogen-bond donors (Lipinski definition) is 1. The van der Waals surface area contributed by atoms with Gasteiger partial charge in [-0.3, -0.25) is 4.68 Å². The van der Waals surface area contributed by atoms with Crippen LogP contribution in [0.15, 0.2) is 42.0 Å². The Hall–Kier alpha value is -1.65. The first-order valence-electron chi connectivity index (χ1n) is 7.45. The number of thiophene rings is 1. The number of aromatic nitrogens is 2. The first-order chi connectivity index (χ1) is 10.3. The van der Waals surface area contributed by atoms with Gasteiger partial charge in [-0.1, -0.05) is 25.1 Å². The minimum absolute atomic E-state index is 0.352. The zero-order chi connectivity index (χ0) is 14.7. The standard InChI is InChI=1S/C17H21N3S/c1-3-8-18-16(9-13-10-19-20(2)11-13)15-12-21-17-7-5-4-6-14(15)17/h4-7,10-12,16,18H,3,8-9H2,1-2H3. The van der Waals surface area contributed by atoms with Crippen molar-refractivity contribution in [1.29, 1.82) is 0 Å². The van der Waals surface area contributed by atoms with Gasteiger partial charge in [-0.25, -0.2) is 0 Å². The molecule has 0 bridgehead atoms. The Morgan fingerprint density at radius 2 is 2.19 bits per heavy atom. The van der Waals surface area contributed by atoms with E-state index in [0.717, 1.165) is 19.4 Å². The second kappa shape index (κ2) is 6.41. The van der Waals surface area contributed by atoms with Gasteiger partial charge in [-0.05, 0) is 47.3 Å². The zero-order valence-electron chi connectivity index (χ0n) is 12.5. The lowest BCUT2D eigenvalue weighted by atomic mass is 10.00. The predicted octanol–water partition coefficient (Wildman–Crippen LogP) is 3.92. The molecule has 110 valence electrons. The number of benzene rings is 1. The molecule has 1 atom stereocenters. The fraction of sp³-hybridized carbons (Fsp3) is 0.353. The van der Waals surface area contributed by atoms with Gasteiger partial charge < -0.3 is 5.32 Å². The van der Waals surface area contributed by atoms with E-state index in [2.05, 4.69) is 53.2 Å². The van der Waals surface area contributed by atoms with Crippen LogP contribution < -0.4 is 5.32 Å². The molecule has 0 radical (unpaired) electrons. The minimum atomic E-state index is 0.352. The smallest absolute Gasteiger partial charge is 0.0522 e. The van der Waals surface area contributed by atoms with E-state index in [1.165, 1.54) is 21.2 Å². The molecule has 21 heavy (non-hydrogen) atoms. The van der Waals surface area contributed by atoms with E-state index >= 15 is 0 Å². The van der Waals surface area contributed by atoms with E-state index < -0.39 is 0 Å². The SMILES string of the molecule is CCCNC(Cc1cnn(C)c1)c1csc2ccccc12. The largest absolute Gasteiger partial charge is 0.310 e. The maximum atomic E-state index is 4.29. The molecule has 2 aromatic heterocycles. The molecule has 3 aromatic rings. The van der Waals surface area contributed by atoms with Gasteiger partial charge in [-0.15, -0.1) is 11.3 Å². The van der Waals surface area contributed by atoms with Gasteiger partial charge in [0.05, 0.1) is 6.20 Å². The summed E-state index contributed by atoms with van der Waals surface area (Å²) in [5, 5.41) is 11.7. The van der Waals surface area contributed by atoms with Crippen molar-refractivity contribution in [2.75, 3.05) is 6.54 Å². The molecule has 3 nitrogen and oxygen atoms in total. The number of fused-ring (bicyclic) bond motifs is 1. The highest BCUT2D eigenvalue weighted by molar-refractivity contribution is 7.17. The lowest BCUT2D eigenvalue weighted by Gasteiger charge is -2.17. The van der Waals surface area contributed by atoms with Gasteiger partial charge in [-0.2, -0.15) is 5.10 Å². The van der Waals surface area contributed by atoms with Gasteiger partial charge in [0.15, 0.2) is 0 Å². The first kappa shape index (κ1) is 14.3. The summed E-state index contributed by atoms with van der Waals surface area (Å²) in [6.45, 7) is 3.25. The van der Waals surface area contributed by atoms with Crippen LogP contribution in [0, 0.1) is 0 Å². The van der Waals surface area contributed by atoms with E-state index in [1.807, 2.05) is 29.3 Å². The molecule has 0 amide bonds. The lowest BCUT2D eigenvalue weighted by Crippen LogP contribution is -2.23. The summed E-state index contributed by atoms with van der Waals surface area (Å²) < 4.78 is 3.24. The van der Waals surface area contributed by atoms with E-state index in [4.69, 9.17) is 0 Å². The molecule has 1 N–H and O–H groups in total. The molecule has 1 aromatic carbocycles. The summed E-state index contributed by atoms with van der Waals surface area (Å²) in [4.78, 5) is 0. The van der Waals surface area contributed by atoms with Gasteiger partial charge in [0.25, 0.3) is 0 Å². The molecule has 0 fully saturated rings. The molecule has 1 unspecified atom stereocenters. The molecular weight excluding hydrogens is 278 g/mol. The number of aryl methyl sites for hydroxylation is 1. The van der Waals surface area contributed by atoms with Gasteiger partial charge in [0, 0.05) is 24.0 Å². The number of hydrogen-bond acceptors (Lipinski definition) is 3. The van der Waals surface area contributed by atoms with Crippen LogP contribution in [0.2, 0.25) is 0 Å². The Bertz CT molecular complexity index is 713. The fourth-order valence-corrected chi connectivity index (χ4v) is 3.71. The van der Waals surface area contributed by atoms with Crippen LogP contribution >= 0.6 is 11.3 Å². The van der Waals surface area contributed by atoms with Crippen molar-refractivity contribution in [3.63, 3.8) is 0 Å². The molecule has 0 saturated heterocycles. The molecule has 0 aliphatic heterocycles. The van der Waals surface area contributed by atoms with Crippen molar-refractivity contribution in [2.45, 2.75) is 25.8 Å². The summed E-state index contributed by atoms with van der Waals surface area (Å²) in [5.41, 5.74) is 2.69. The molecule has 3 rings (SSSR count). The van der Waals surface area contributed by atoms with Gasteiger partial charge in [0.1, 0.15) is 0 Å². The van der Waals surface area contributed by atoms with Crippen LogP contribution in [0.5, 0.6) is 0 Å². The van der Waals surface area contributed by atoms with Gasteiger partial charge in [0.2, 0.25) is 0 Å². The quantitative estimate of drug-likeness (QED) is 0.747. The molecule has 4 heteroatoms. The molecule has 0 spiro atoms. The van der Waals surface area contributed by atoms with E-state index in [-0.39, 0.29) is 0 Å². The van der Waals surface area contributed by atoms with Crippen LogP contribution in [0.1, 0.15) is 30.5 Å². The maximum absolute atomic E-state index is 4.29. The van der Waals surface area contributed by atoms with Gasteiger partial charge >= 0.3 is 0 Å². The summed E-state index contributed by atoms with van der Waals surface area (Å²) in [7, 11) is 1.97. The van der Waals surface area contributed by atoms with E-state index in [9.17, 15) is 0 Å². The fourth-order valence-electron chi connectivity index (χ4n) is 2.69. The number of nitrogens with one attached hydrogen (secondary N) is 1. The molecule has 0 aliphatic carbocycles. The van der Waals surface area contributed by atoms with Crippen LogP contribution in [0.3, 0.4) is 0 Å². The number of rotatable bonds is 6. The molecule has 2 heterocycles. The first-order valence-corrected chi connectivity index (χ1v) is 8.33. The molecular formula is C17H21N3S. The highest BCUT2D eigenvalue weighted by atomic mass is 32.1. The maximum Gasteiger partial charge on any atom is 0.0522 e. The Morgan fingerprint density at radius 3 is 2.95 bits per heavy atom.